The lowest BCUT2D eigenvalue weighted by Crippen LogP contribution is -2.28. The summed E-state index contributed by atoms with van der Waals surface area (Å²) in [6.07, 6.45) is 3.92. The molecule has 0 atom stereocenters. The highest BCUT2D eigenvalue weighted by Gasteiger charge is 2.07. The minimum Gasteiger partial charge on any atom is -0.497 e. The first-order valence-electron chi connectivity index (χ1n) is 6.16. The second-order valence-corrected chi connectivity index (χ2v) is 3.96. The monoisotopic (exact) mass is 291 g/mol. The Morgan fingerprint density at radius 1 is 1.43 bits per heavy atom. The fourth-order valence-electron chi connectivity index (χ4n) is 1.46. The first-order valence-corrected chi connectivity index (χ1v) is 6.16. The standard InChI is InChI=1S/C15H17NO5/c1-3-8-16-14(17)10-21-13-6-5-12(20-2)9-11(13)4-7-15(18)19/h3-7,9H,1,8,10H2,2H3,(H,16,17)(H,18,19)/b7-4+. The predicted molar refractivity (Wildman–Crippen MR) is 78.4 cm³/mol. The van der Waals surface area contributed by atoms with Crippen LogP contribution in [0.5, 0.6) is 11.5 Å². The lowest BCUT2D eigenvalue weighted by molar-refractivity contribution is -0.131. The van der Waals surface area contributed by atoms with Crippen molar-refractivity contribution in [2.45, 2.75) is 0 Å². The zero-order valence-corrected chi connectivity index (χ0v) is 11.7. The van der Waals surface area contributed by atoms with Gasteiger partial charge in [0.25, 0.3) is 5.91 Å². The van der Waals surface area contributed by atoms with Crippen LogP contribution in [0.15, 0.2) is 36.9 Å². The van der Waals surface area contributed by atoms with E-state index in [4.69, 9.17) is 14.6 Å². The quantitative estimate of drug-likeness (QED) is 0.559. The Bertz CT molecular complexity index is 551. The molecular weight excluding hydrogens is 274 g/mol. The summed E-state index contributed by atoms with van der Waals surface area (Å²) in [7, 11) is 1.50. The van der Waals surface area contributed by atoms with E-state index in [9.17, 15) is 9.59 Å². The van der Waals surface area contributed by atoms with Gasteiger partial charge in [0.1, 0.15) is 11.5 Å². The number of amides is 1. The number of ether oxygens (including phenoxy) is 2. The fraction of sp³-hybridized carbons (Fsp3) is 0.200. The van der Waals surface area contributed by atoms with Crippen LogP contribution in [0.3, 0.4) is 0 Å². The van der Waals surface area contributed by atoms with Crippen LogP contribution in [0.1, 0.15) is 5.56 Å². The van der Waals surface area contributed by atoms with E-state index in [0.29, 0.717) is 23.6 Å². The van der Waals surface area contributed by atoms with Crippen molar-refractivity contribution in [2.24, 2.45) is 0 Å². The third-order valence-corrected chi connectivity index (χ3v) is 2.42. The number of carbonyl (C=O) groups excluding carboxylic acids is 1. The first kappa shape index (κ1) is 16.3. The molecule has 0 heterocycles. The lowest BCUT2D eigenvalue weighted by Gasteiger charge is -2.10. The van der Waals surface area contributed by atoms with E-state index < -0.39 is 5.97 Å². The largest absolute Gasteiger partial charge is 0.497 e. The zero-order valence-electron chi connectivity index (χ0n) is 11.7. The van der Waals surface area contributed by atoms with Crippen molar-refractivity contribution < 1.29 is 24.2 Å². The number of methoxy groups -OCH3 is 1. The molecule has 0 aromatic heterocycles. The Hall–Kier alpha value is -2.76. The van der Waals surface area contributed by atoms with E-state index in [0.717, 1.165) is 6.08 Å². The Morgan fingerprint density at radius 3 is 2.81 bits per heavy atom. The van der Waals surface area contributed by atoms with Gasteiger partial charge in [-0.15, -0.1) is 6.58 Å². The van der Waals surface area contributed by atoms with E-state index in [2.05, 4.69) is 11.9 Å². The molecule has 6 heteroatoms. The number of nitrogens with one attached hydrogen (secondary N) is 1. The average Bonchev–Trinajstić information content (AvgIpc) is 2.48. The van der Waals surface area contributed by atoms with Gasteiger partial charge in [-0.2, -0.15) is 0 Å². The van der Waals surface area contributed by atoms with Crippen LogP contribution in [0.4, 0.5) is 0 Å². The molecule has 0 aliphatic heterocycles. The number of benzene rings is 1. The zero-order chi connectivity index (χ0) is 15.7. The molecule has 112 valence electrons. The van der Waals surface area contributed by atoms with E-state index in [-0.39, 0.29) is 12.5 Å². The van der Waals surface area contributed by atoms with Crippen LogP contribution in [-0.2, 0) is 9.59 Å². The molecule has 1 amide bonds. The molecule has 0 radical (unpaired) electrons. The number of hydrogen-bond acceptors (Lipinski definition) is 4. The highest BCUT2D eigenvalue weighted by atomic mass is 16.5. The molecule has 1 rings (SSSR count). The van der Waals surface area contributed by atoms with Gasteiger partial charge < -0.3 is 19.9 Å². The molecule has 0 saturated heterocycles. The van der Waals surface area contributed by atoms with E-state index in [1.807, 2.05) is 0 Å². The van der Waals surface area contributed by atoms with Gasteiger partial charge in [0.05, 0.1) is 7.11 Å². The van der Waals surface area contributed by atoms with Gasteiger partial charge in [-0.3, -0.25) is 4.79 Å². The van der Waals surface area contributed by atoms with Gasteiger partial charge in [-0.1, -0.05) is 6.08 Å². The SMILES string of the molecule is C=CCNC(=O)COc1ccc(OC)cc1/C=C/C(=O)O. The van der Waals surface area contributed by atoms with E-state index >= 15 is 0 Å². The van der Waals surface area contributed by atoms with Crippen LogP contribution >= 0.6 is 0 Å². The third-order valence-electron chi connectivity index (χ3n) is 2.42. The second kappa shape index (κ2) is 8.42. The Kier molecular flexibility index (Phi) is 6.53. The molecule has 1 aromatic rings. The molecule has 0 aliphatic carbocycles. The summed E-state index contributed by atoms with van der Waals surface area (Å²) in [5.74, 6) is -0.420. The van der Waals surface area contributed by atoms with Crippen molar-refractivity contribution in [3.8, 4) is 11.5 Å². The average molecular weight is 291 g/mol. The van der Waals surface area contributed by atoms with E-state index in [1.165, 1.54) is 13.2 Å². The third kappa shape index (κ3) is 5.82. The summed E-state index contributed by atoms with van der Waals surface area (Å²) in [6, 6.07) is 4.90. The molecule has 0 aliphatic rings. The van der Waals surface area contributed by atoms with Crippen molar-refractivity contribution in [1.29, 1.82) is 0 Å². The maximum absolute atomic E-state index is 11.5. The van der Waals surface area contributed by atoms with E-state index in [1.54, 1.807) is 24.3 Å². The fourth-order valence-corrected chi connectivity index (χ4v) is 1.46. The van der Waals surface area contributed by atoms with Gasteiger partial charge in [-0.05, 0) is 24.3 Å². The lowest BCUT2D eigenvalue weighted by atomic mass is 10.1. The van der Waals surface area contributed by atoms with Gasteiger partial charge in [0.15, 0.2) is 6.61 Å². The number of hydrogen-bond donors (Lipinski definition) is 2. The van der Waals surface area contributed by atoms with Crippen molar-refractivity contribution in [3.63, 3.8) is 0 Å². The number of carboxylic acids is 1. The summed E-state index contributed by atoms with van der Waals surface area (Å²) in [5, 5.41) is 11.3. The molecule has 0 unspecified atom stereocenters. The summed E-state index contributed by atoms with van der Waals surface area (Å²) < 4.78 is 10.4. The van der Waals surface area contributed by atoms with Crippen molar-refractivity contribution in [2.75, 3.05) is 20.3 Å². The summed E-state index contributed by atoms with van der Waals surface area (Å²) in [6.45, 7) is 3.68. The molecular formula is C15H17NO5. The summed E-state index contributed by atoms with van der Waals surface area (Å²) >= 11 is 0. The Morgan fingerprint density at radius 2 is 2.19 bits per heavy atom. The van der Waals surface area contributed by atoms with Crippen molar-refractivity contribution in [3.05, 3.63) is 42.5 Å². The van der Waals surface area contributed by atoms with Crippen LogP contribution < -0.4 is 14.8 Å². The minimum atomic E-state index is -1.08. The minimum absolute atomic E-state index is 0.173. The molecule has 0 spiro atoms. The molecule has 0 fully saturated rings. The molecule has 0 bridgehead atoms. The van der Waals surface area contributed by atoms with Gasteiger partial charge in [-0.25, -0.2) is 4.79 Å². The number of carbonyl (C=O) groups is 2. The molecule has 21 heavy (non-hydrogen) atoms. The van der Waals surface area contributed by atoms with Gasteiger partial charge in [0, 0.05) is 18.2 Å². The number of carboxylic acid groups (broad SMARTS) is 1. The smallest absolute Gasteiger partial charge is 0.328 e. The molecule has 0 saturated carbocycles. The van der Waals surface area contributed by atoms with Crippen molar-refractivity contribution >= 4 is 18.0 Å². The first-order chi connectivity index (χ1) is 10.1. The Balaban J connectivity index is 2.82. The number of aliphatic carboxylic acids is 1. The summed E-state index contributed by atoms with van der Waals surface area (Å²) in [5.41, 5.74) is 0.508. The topological polar surface area (TPSA) is 84.9 Å². The van der Waals surface area contributed by atoms with Gasteiger partial charge >= 0.3 is 5.97 Å². The van der Waals surface area contributed by atoms with Crippen LogP contribution in [0.2, 0.25) is 0 Å². The molecule has 2 N–H and O–H groups in total. The van der Waals surface area contributed by atoms with Crippen LogP contribution in [0, 0.1) is 0 Å². The second-order valence-electron chi connectivity index (χ2n) is 3.96. The predicted octanol–water partition coefficient (Wildman–Crippen LogP) is 1.47. The number of rotatable bonds is 8. The Labute approximate surface area is 122 Å². The highest BCUT2D eigenvalue weighted by Crippen LogP contribution is 2.25. The normalized spacial score (nSPS) is 10.1. The van der Waals surface area contributed by atoms with Crippen LogP contribution in [-0.4, -0.2) is 37.2 Å². The van der Waals surface area contributed by atoms with Crippen molar-refractivity contribution in [1.82, 2.24) is 5.32 Å². The summed E-state index contributed by atoms with van der Waals surface area (Å²) in [4.78, 5) is 22.0. The maximum Gasteiger partial charge on any atom is 0.328 e. The van der Waals surface area contributed by atoms with Gasteiger partial charge in [0.2, 0.25) is 0 Å². The highest BCUT2D eigenvalue weighted by molar-refractivity contribution is 5.86. The molecule has 6 nitrogen and oxygen atoms in total. The maximum atomic E-state index is 11.5. The molecule has 1 aromatic carbocycles. The van der Waals surface area contributed by atoms with Crippen LogP contribution in [0.25, 0.3) is 6.08 Å².